The molecule has 1 saturated heterocycles. The van der Waals surface area contributed by atoms with Gasteiger partial charge in [-0.2, -0.15) is 0 Å². The fraction of sp³-hybridized carbons (Fsp3) is 0.542. The summed E-state index contributed by atoms with van der Waals surface area (Å²) in [6.45, 7) is 8.79. The topological polar surface area (TPSA) is 133 Å². The number of fused-ring (bicyclic) bond motifs is 1. The Hall–Kier alpha value is -3.17. The summed E-state index contributed by atoms with van der Waals surface area (Å²) < 4.78 is 26.6. The van der Waals surface area contributed by atoms with Gasteiger partial charge in [0.2, 0.25) is 0 Å². The SMILES string of the molecule is C=C(CC1=NN(CCN(C)C)NN1C)N=C1Cc2cccc(C3OC3OCOC(=O)OC(C)C)c2OB1O. The lowest BCUT2D eigenvalue weighted by atomic mass is 9.75. The normalized spacial score (nSPS) is 21.5. The number of epoxide rings is 1. The van der Waals surface area contributed by atoms with Crippen LogP contribution in [0.1, 0.15) is 37.5 Å². The second kappa shape index (κ2) is 12.1. The Balaban J connectivity index is 1.33. The molecule has 0 aliphatic carbocycles. The summed E-state index contributed by atoms with van der Waals surface area (Å²) in [7, 11) is 4.67. The van der Waals surface area contributed by atoms with Crippen LogP contribution in [-0.4, -0.2) is 98.2 Å². The summed E-state index contributed by atoms with van der Waals surface area (Å²) in [5.74, 6) is 1.30. The van der Waals surface area contributed by atoms with Crippen LogP contribution < -0.4 is 10.2 Å². The highest BCUT2D eigenvalue weighted by molar-refractivity contribution is 6.82. The number of hydrogen-bond acceptors (Lipinski definition) is 13. The number of carbonyl (C=O) groups excluding carboxylic acids is 1. The summed E-state index contributed by atoms with van der Waals surface area (Å²) in [6, 6.07) is 5.64. The maximum absolute atomic E-state index is 11.5. The fourth-order valence-corrected chi connectivity index (χ4v) is 3.92. The van der Waals surface area contributed by atoms with Crippen molar-refractivity contribution in [3.63, 3.8) is 0 Å². The maximum Gasteiger partial charge on any atom is 0.575 e. The van der Waals surface area contributed by atoms with Gasteiger partial charge in [-0.3, -0.25) is 10.0 Å². The minimum Gasteiger partial charge on any atom is -0.531 e. The standard InChI is InChI=1S/C24H35BN6O7/c1-15(2)36-24(32)35-14-34-23-22(37-23)18-9-7-8-17-13-19(25(33)38-21(17)18)26-16(3)12-20-27-31(28-30(20)6)11-10-29(4)5/h7-9,15,22-23,28,33H,3,10-14H2,1-2,4-6H3. The number of ether oxygens (including phenoxy) is 4. The van der Waals surface area contributed by atoms with Crippen molar-refractivity contribution in [3.05, 3.63) is 41.6 Å². The minimum absolute atomic E-state index is 0.282. The molecule has 3 heterocycles. The van der Waals surface area contributed by atoms with Gasteiger partial charge in [0, 0.05) is 31.3 Å². The van der Waals surface area contributed by atoms with Crippen molar-refractivity contribution in [1.29, 1.82) is 0 Å². The molecule has 2 atom stereocenters. The second-order valence-corrected chi connectivity index (χ2v) is 9.70. The molecule has 0 radical (unpaired) electrons. The van der Waals surface area contributed by atoms with E-state index in [0.29, 0.717) is 29.9 Å². The molecule has 2 N–H and O–H groups in total. The van der Waals surface area contributed by atoms with E-state index in [0.717, 1.165) is 30.1 Å². The largest absolute Gasteiger partial charge is 0.575 e. The van der Waals surface area contributed by atoms with Crippen molar-refractivity contribution in [1.82, 2.24) is 20.6 Å². The van der Waals surface area contributed by atoms with E-state index in [1.807, 2.05) is 44.4 Å². The molecule has 1 aromatic carbocycles. The molecule has 1 fully saturated rings. The number of aliphatic imine (C=N–C) groups is 1. The number of rotatable bonds is 11. The molecular weight excluding hydrogens is 495 g/mol. The lowest BCUT2D eigenvalue weighted by Gasteiger charge is -2.24. The number of para-hydroxylation sites is 1. The highest BCUT2D eigenvalue weighted by atomic mass is 16.8. The van der Waals surface area contributed by atoms with Crippen LogP contribution in [0.25, 0.3) is 0 Å². The van der Waals surface area contributed by atoms with E-state index in [-0.39, 0.29) is 12.9 Å². The predicted octanol–water partition coefficient (Wildman–Crippen LogP) is 1.46. The van der Waals surface area contributed by atoms with Crippen LogP contribution in [0.15, 0.2) is 40.6 Å². The molecule has 0 saturated carbocycles. The number of hydrogen-bond donors (Lipinski definition) is 2. The van der Waals surface area contributed by atoms with Crippen LogP contribution in [0.5, 0.6) is 5.75 Å². The number of amidine groups is 1. The van der Waals surface area contributed by atoms with Gasteiger partial charge in [0.05, 0.1) is 24.7 Å². The Bertz CT molecular complexity index is 1100. The molecule has 206 valence electrons. The van der Waals surface area contributed by atoms with Crippen LogP contribution in [0.4, 0.5) is 4.79 Å². The quantitative estimate of drug-likeness (QED) is 0.186. The van der Waals surface area contributed by atoms with Crippen LogP contribution in [-0.2, 0) is 25.4 Å². The average molecular weight is 530 g/mol. The highest BCUT2D eigenvalue weighted by Gasteiger charge is 2.45. The van der Waals surface area contributed by atoms with Crippen molar-refractivity contribution in [2.45, 2.75) is 45.2 Å². The molecule has 0 aromatic heterocycles. The first-order valence-electron chi connectivity index (χ1n) is 12.4. The number of likely N-dealkylation sites (N-methyl/N-ethyl adjacent to an activating group) is 1. The molecule has 0 bridgehead atoms. The maximum atomic E-state index is 11.5. The predicted molar refractivity (Wildman–Crippen MR) is 140 cm³/mol. The van der Waals surface area contributed by atoms with Crippen molar-refractivity contribution in [3.8, 4) is 5.75 Å². The summed E-state index contributed by atoms with van der Waals surface area (Å²) >= 11 is 0. The third-order valence-corrected chi connectivity index (χ3v) is 5.82. The molecule has 2 unspecified atom stereocenters. The van der Waals surface area contributed by atoms with Gasteiger partial charge < -0.3 is 33.5 Å². The third-order valence-electron chi connectivity index (χ3n) is 5.82. The minimum atomic E-state index is -1.23. The van der Waals surface area contributed by atoms with E-state index in [1.54, 1.807) is 19.0 Å². The van der Waals surface area contributed by atoms with E-state index in [4.69, 9.17) is 23.6 Å². The Morgan fingerprint density at radius 2 is 2.21 bits per heavy atom. The molecule has 1 aromatic rings. The number of nitrogens with zero attached hydrogens (tertiary/aromatic N) is 5. The number of nitrogens with one attached hydrogen (secondary N) is 1. The first kappa shape index (κ1) is 27.9. The van der Waals surface area contributed by atoms with Gasteiger partial charge in [-0.25, -0.2) is 9.91 Å². The molecule has 0 amide bonds. The summed E-state index contributed by atoms with van der Waals surface area (Å²) in [5.41, 5.74) is 5.77. The molecule has 14 heteroatoms. The van der Waals surface area contributed by atoms with E-state index in [1.165, 1.54) is 0 Å². The van der Waals surface area contributed by atoms with Gasteiger partial charge in [-0.15, -0.1) is 10.6 Å². The Labute approximate surface area is 222 Å². The molecule has 38 heavy (non-hydrogen) atoms. The molecule has 3 aliphatic heterocycles. The zero-order valence-corrected chi connectivity index (χ0v) is 22.4. The fourth-order valence-electron chi connectivity index (χ4n) is 3.92. The average Bonchev–Trinajstić information content (AvgIpc) is 3.52. The second-order valence-electron chi connectivity index (χ2n) is 9.70. The molecule has 3 aliphatic rings. The van der Waals surface area contributed by atoms with Crippen molar-refractivity contribution in [2.75, 3.05) is 41.0 Å². The Morgan fingerprint density at radius 3 is 2.95 bits per heavy atom. The summed E-state index contributed by atoms with van der Waals surface area (Å²) in [6.07, 6.45) is -1.30. The Morgan fingerprint density at radius 1 is 1.42 bits per heavy atom. The van der Waals surface area contributed by atoms with Crippen molar-refractivity contribution >= 4 is 24.7 Å². The van der Waals surface area contributed by atoms with Crippen LogP contribution in [0.2, 0.25) is 0 Å². The first-order chi connectivity index (χ1) is 18.1. The van der Waals surface area contributed by atoms with Gasteiger partial charge in [-0.1, -0.05) is 24.8 Å². The molecular formula is C24H35BN6O7. The van der Waals surface area contributed by atoms with E-state index in [2.05, 4.69) is 27.1 Å². The zero-order valence-electron chi connectivity index (χ0n) is 22.4. The monoisotopic (exact) mass is 530 g/mol. The third kappa shape index (κ3) is 7.23. The number of hydrazone groups is 1. The van der Waals surface area contributed by atoms with Gasteiger partial charge in [0.15, 0.2) is 13.1 Å². The summed E-state index contributed by atoms with van der Waals surface area (Å²) in [5, 5.41) is 18.9. The van der Waals surface area contributed by atoms with Gasteiger partial charge in [0.25, 0.3) is 0 Å². The van der Waals surface area contributed by atoms with Crippen LogP contribution >= 0.6 is 0 Å². The van der Waals surface area contributed by atoms with E-state index < -0.39 is 25.7 Å². The van der Waals surface area contributed by atoms with Crippen LogP contribution in [0, 0.1) is 0 Å². The molecule has 4 rings (SSSR count). The zero-order chi connectivity index (χ0) is 27.4. The van der Waals surface area contributed by atoms with Crippen LogP contribution in [0.3, 0.4) is 0 Å². The Kier molecular flexibility index (Phi) is 8.89. The summed E-state index contributed by atoms with van der Waals surface area (Å²) in [4.78, 5) is 18.1. The number of hydrazine groups is 2. The van der Waals surface area contributed by atoms with E-state index in [9.17, 15) is 9.82 Å². The van der Waals surface area contributed by atoms with Crippen molar-refractivity contribution in [2.24, 2.45) is 10.1 Å². The lowest BCUT2D eigenvalue weighted by Crippen LogP contribution is -2.42. The van der Waals surface area contributed by atoms with Gasteiger partial charge in [0.1, 0.15) is 17.7 Å². The van der Waals surface area contributed by atoms with Gasteiger partial charge >= 0.3 is 13.3 Å². The van der Waals surface area contributed by atoms with Crippen molar-refractivity contribution < 1.29 is 33.4 Å². The van der Waals surface area contributed by atoms with E-state index >= 15 is 0 Å². The number of benzene rings is 1. The molecule has 0 spiro atoms. The molecule has 13 nitrogen and oxygen atoms in total. The number of carbonyl (C=O) groups is 1. The smallest absolute Gasteiger partial charge is 0.531 e. The highest BCUT2D eigenvalue weighted by Crippen LogP contribution is 2.45. The lowest BCUT2D eigenvalue weighted by molar-refractivity contribution is -0.0790. The first-order valence-corrected chi connectivity index (χ1v) is 12.4. The van der Waals surface area contributed by atoms with Gasteiger partial charge in [-0.05, 0) is 33.5 Å².